The van der Waals surface area contributed by atoms with Gasteiger partial charge in [0, 0.05) is 25.8 Å². The molecule has 0 aliphatic heterocycles. The van der Waals surface area contributed by atoms with E-state index >= 15 is 0 Å². The van der Waals surface area contributed by atoms with Crippen molar-refractivity contribution >= 4 is 27.9 Å². The minimum atomic E-state index is -4.61. The van der Waals surface area contributed by atoms with Crippen molar-refractivity contribution in [2.24, 2.45) is 0 Å². The predicted molar refractivity (Wildman–Crippen MR) is 21.8 cm³/mol. The van der Waals surface area contributed by atoms with E-state index in [2.05, 4.69) is 0 Å². The van der Waals surface area contributed by atoms with Gasteiger partial charge in [-0.05, 0) is 0 Å². The molecule has 0 unspecified atom stereocenters. The average molecular weight is 149 g/mol. The van der Waals surface area contributed by atoms with Crippen LogP contribution in [0.2, 0.25) is 0 Å². The van der Waals surface area contributed by atoms with Crippen molar-refractivity contribution in [3.63, 3.8) is 0 Å². The van der Waals surface area contributed by atoms with Gasteiger partial charge in [-0.15, -0.1) is 0 Å². The molecule has 0 rings (SSSR count). The maximum Gasteiger partial charge on any atom is 0 e. The van der Waals surface area contributed by atoms with Crippen LogP contribution in [0.4, 0.5) is 0 Å². The summed E-state index contributed by atoms with van der Waals surface area (Å²) in [7, 11) is -4.61. The zero-order valence-electron chi connectivity index (χ0n) is 2.87. The maximum atomic E-state index is 7.33. The molecule has 4 N–H and O–H groups in total. The molecule has 0 aromatic carbocycles. The SMILES string of the molecule is O[Si](O)(O)O.[LiH].[Sc]. The van der Waals surface area contributed by atoms with Crippen LogP contribution in [0.25, 0.3) is 0 Å². The number of rotatable bonds is 0. The summed E-state index contributed by atoms with van der Waals surface area (Å²) in [6, 6.07) is 0. The Morgan fingerprint density at radius 3 is 0.857 bits per heavy atom. The van der Waals surface area contributed by atoms with Crippen LogP contribution >= 0.6 is 0 Å². The van der Waals surface area contributed by atoms with Gasteiger partial charge >= 0.3 is 27.9 Å². The molecule has 0 heterocycles. The van der Waals surface area contributed by atoms with E-state index in [9.17, 15) is 0 Å². The van der Waals surface area contributed by atoms with Gasteiger partial charge in [0.2, 0.25) is 0 Å². The fraction of sp³-hybridized carbons (Fsp3) is 0. The molecule has 0 aromatic heterocycles. The first kappa shape index (κ1) is 15.8. The van der Waals surface area contributed by atoms with E-state index < -0.39 is 9.05 Å². The van der Waals surface area contributed by atoms with E-state index in [-0.39, 0.29) is 44.7 Å². The summed E-state index contributed by atoms with van der Waals surface area (Å²) in [6.45, 7) is 0. The summed E-state index contributed by atoms with van der Waals surface area (Å²) in [5, 5.41) is 0. The molecule has 0 aliphatic carbocycles. The smallest absolute Gasteiger partial charge is 0 e. The third-order valence-electron chi connectivity index (χ3n) is 0. The van der Waals surface area contributed by atoms with Gasteiger partial charge in [-0.2, -0.15) is 0 Å². The van der Waals surface area contributed by atoms with Crippen molar-refractivity contribution in [1.29, 1.82) is 0 Å². The van der Waals surface area contributed by atoms with Crippen LogP contribution in [0.1, 0.15) is 0 Å². The second kappa shape index (κ2) is 5.66. The topological polar surface area (TPSA) is 80.9 Å². The summed E-state index contributed by atoms with van der Waals surface area (Å²) in [5.74, 6) is 0. The van der Waals surface area contributed by atoms with E-state index in [1.807, 2.05) is 0 Å². The third kappa shape index (κ3) is 98.8. The Labute approximate surface area is 72.6 Å². The summed E-state index contributed by atoms with van der Waals surface area (Å²) < 4.78 is 0. The van der Waals surface area contributed by atoms with Gasteiger partial charge in [0.1, 0.15) is 0 Å². The molecule has 0 saturated carbocycles. The molecule has 0 saturated heterocycles. The minimum Gasteiger partial charge on any atom is 0 e. The fourth-order valence-electron chi connectivity index (χ4n) is 0. The van der Waals surface area contributed by atoms with Gasteiger partial charge in [0.25, 0.3) is 0 Å². The van der Waals surface area contributed by atoms with E-state index in [4.69, 9.17) is 19.2 Å². The monoisotopic (exact) mass is 149 g/mol. The molecule has 0 fully saturated rings. The first-order chi connectivity index (χ1) is 2.00. The first-order valence-corrected chi connectivity index (χ1v) is 2.68. The van der Waals surface area contributed by atoms with Crippen LogP contribution in [-0.2, 0) is 25.8 Å². The maximum absolute atomic E-state index is 7.33. The van der Waals surface area contributed by atoms with Gasteiger partial charge < -0.3 is 19.2 Å². The largest absolute Gasteiger partial charge is 0 e. The fourth-order valence-corrected chi connectivity index (χ4v) is 0. The normalized spacial score (nSPS) is 8.57. The van der Waals surface area contributed by atoms with E-state index in [1.54, 1.807) is 0 Å². The van der Waals surface area contributed by atoms with E-state index in [0.29, 0.717) is 0 Å². The van der Waals surface area contributed by atoms with Gasteiger partial charge in [-0.3, -0.25) is 0 Å². The van der Waals surface area contributed by atoms with Crippen molar-refractivity contribution < 1.29 is 45.0 Å². The molecule has 7 heavy (non-hydrogen) atoms. The minimum absolute atomic E-state index is 0. The van der Waals surface area contributed by atoms with Crippen LogP contribution in [0.5, 0.6) is 0 Å². The van der Waals surface area contributed by atoms with Gasteiger partial charge in [-0.25, -0.2) is 0 Å². The summed E-state index contributed by atoms with van der Waals surface area (Å²) in [5.41, 5.74) is 0. The van der Waals surface area contributed by atoms with Crippen LogP contribution in [0.3, 0.4) is 0 Å². The Hall–Kier alpha value is 1.52. The second-order valence-corrected chi connectivity index (χ2v) is 1.80. The first-order valence-electron chi connectivity index (χ1n) is 0.894. The van der Waals surface area contributed by atoms with Gasteiger partial charge in [-0.1, -0.05) is 0 Å². The predicted octanol–water partition coefficient (Wildman–Crippen LogP) is -3.26. The third-order valence-corrected chi connectivity index (χ3v) is 0. The number of hydrogen-bond donors (Lipinski definition) is 4. The summed E-state index contributed by atoms with van der Waals surface area (Å²) in [6.07, 6.45) is 0. The molecular weight excluding hydrogens is 144 g/mol. The molecule has 37 valence electrons. The standard InChI is InChI=1S/Li.H4O4Si.Sc.H/c;1-5(2,3)4;;/h;1-4H;;. The molecule has 4 nitrogen and oxygen atoms in total. The quantitative estimate of drug-likeness (QED) is 0.272. The Morgan fingerprint density at radius 2 is 0.857 bits per heavy atom. The van der Waals surface area contributed by atoms with Crippen LogP contribution in [0, 0.1) is 0 Å². The van der Waals surface area contributed by atoms with Crippen LogP contribution in [-0.4, -0.2) is 47.1 Å². The molecule has 0 atom stereocenters. The molecule has 0 amide bonds. The Balaban J connectivity index is -0.0000000800. The molecule has 1 radical (unpaired) electrons. The zero-order valence-corrected chi connectivity index (χ0v) is 5.67. The van der Waals surface area contributed by atoms with Crippen molar-refractivity contribution in [2.75, 3.05) is 0 Å². The van der Waals surface area contributed by atoms with Crippen molar-refractivity contribution in [3.8, 4) is 0 Å². The van der Waals surface area contributed by atoms with Crippen LogP contribution in [0.15, 0.2) is 0 Å². The second-order valence-electron chi connectivity index (χ2n) is 0.600. The zero-order chi connectivity index (χ0) is 4.50. The number of hydrogen-bond acceptors (Lipinski definition) is 4. The summed E-state index contributed by atoms with van der Waals surface area (Å²) in [4.78, 5) is 29.3. The average Bonchev–Trinajstić information content (AvgIpc) is 0.722. The molecule has 0 spiro atoms. The van der Waals surface area contributed by atoms with Crippen molar-refractivity contribution in [3.05, 3.63) is 0 Å². The Kier molecular flexibility index (Phi) is 12.8. The molecule has 0 bridgehead atoms. The van der Waals surface area contributed by atoms with Crippen molar-refractivity contribution in [2.45, 2.75) is 0 Å². The van der Waals surface area contributed by atoms with E-state index in [0.717, 1.165) is 0 Å². The van der Waals surface area contributed by atoms with E-state index in [1.165, 1.54) is 0 Å². The summed E-state index contributed by atoms with van der Waals surface area (Å²) >= 11 is 0. The van der Waals surface area contributed by atoms with Crippen molar-refractivity contribution in [1.82, 2.24) is 0 Å². The Bertz CT molecular complexity index is 27.2. The molecule has 0 aromatic rings. The van der Waals surface area contributed by atoms with Crippen LogP contribution < -0.4 is 0 Å². The Morgan fingerprint density at radius 1 is 0.857 bits per heavy atom. The van der Waals surface area contributed by atoms with Gasteiger partial charge in [0.15, 0.2) is 0 Å². The molecule has 7 heteroatoms. The molecular formula is H5LiO4ScSi. The molecule has 0 aliphatic rings. The van der Waals surface area contributed by atoms with Gasteiger partial charge in [0.05, 0.1) is 0 Å².